The van der Waals surface area contributed by atoms with Crippen molar-refractivity contribution in [2.24, 2.45) is 0 Å². The molecule has 0 bridgehead atoms. The smallest absolute Gasteiger partial charge is 0.175 e. The molecule has 0 unspecified atom stereocenters. The van der Waals surface area contributed by atoms with Crippen LogP contribution in [0.3, 0.4) is 0 Å². The number of fused-ring (bicyclic) bond motifs is 1. The number of hydrogen-bond acceptors (Lipinski definition) is 3. The molecule has 0 aromatic carbocycles. The van der Waals surface area contributed by atoms with E-state index in [0.717, 1.165) is 17.9 Å². The number of ether oxygens (including phenoxy) is 2. The van der Waals surface area contributed by atoms with Crippen LogP contribution in [0, 0.1) is 0 Å². The van der Waals surface area contributed by atoms with E-state index in [1.54, 1.807) is 11.3 Å². The van der Waals surface area contributed by atoms with E-state index in [4.69, 9.17) is 9.47 Å². The van der Waals surface area contributed by atoms with Crippen LogP contribution >= 0.6 is 11.3 Å². The molecule has 0 N–H and O–H groups in total. The summed E-state index contributed by atoms with van der Waals surface area (Å²) in [4.78, 5) is 1.34. The maximum absolute atomic E-state index is 5.58. The first kappa shape index (κ1) is 12.2. The van der Waals surface area contributed by atoms with Crippen LogP contribution in [0.4, 0.5) is 0 Å². The molecule has 4 heteroatoms. The fourth-order valence-corrected chi connectivity index (χ4v) is 2.38. The minimum absolute atomic E-state index is 0. The minimum atomic E-state index is 0. The van der Waals surface area contributed by atoms with Gasteiger partial charge in [-0.3, -0.25) is 0 Å². The third-order valence-corrected chi connectivity index (χ3v) is 3.14. The fourth-order valence-electron chi connectivity index (χ4n) is 1.43. The largest absolute Gasteiger partial charge is 0.485 e. The molecule has 0 saturated carbocycles. The van der Waals surface area contributed by atoms with Gasteiger partial charge in [0.2, 0.25) is 0 Å². The number of rotatable bonds is 3. The Kier molecular flexibility index (Phi) is 5.09. The average Bonchev–Trinajstić information content (AvgIpc) is 2.58. The van der Waals surface area contributed by atoms with Crippen LogP contribution in [0.5, 0.6) is 11.5 Å². The fraction of sp³-hybridized carbons (Fsp3) is 0.600. The van der Waals surface area contributed by atoms with Gasteiger partial charge in [0.1, 0.15) is 13.2 Å². The van der Waals surface area contributed by atoms with Crippen LogP contribution < -0.4 is 9.47 Å². The van der Waals surface area contributed by atoms with Gasteiger partial charge in [0.15, 0.2) is 11.5 Å². The summed E-state index contributed by atoms with van der Waals surface area (Å²) in [7, 11) is 0. The summed E-state index contributed by atoms with van der Waals surface area (Å²) in [6.45, 7) is 3.59. The van der Waals surface area contributed by atoms with Crippen molar-refractivity contribution in [3.8, 4) is 11.5 Å². The van der Waals surface area contributed by atoms with Gasteiger partial charge in [0, 0.05) is 29.3 Å². The van der Waals surface area contributed by atoms with Gasteiger partial charge < -0.3 is 9.47 Å². The molecule has 2 nitrogen and oxygen atoms in total. The van der Waals surface area contributed by atoms with E-state index >= 15 is 0 Å². The molecule has 0 atom stereocenters. The average molecular weight is 317 g/mol. The van der Waals surface area contributed by atoms with Crippen LogP contribution in [0.25, 0.3) is 0 Å². The summed E-state index contributed by atoms with van der Waals surface area (Å²) in [5.41, 5.74) is 0. The summed E-state index contributed by atoms with van der Waals surface area (Å²) in [6.07, 6.45) is 3.59. The van der Waals surface area contributed by atoms with Crippen molar-refractivity contribution in [3.63, 3.8) is 0 Å². The Balaban J connectivity index is 0.000000980. The normalized spacial score (nSPS) is 13.5. The van der Waals surface area contributed by atoms with Gasteiger partial charge >= 0.3 is 0 Å². The molecule has 2 heterocycles. The van der Waals surface area contributed by atoms with Gasteiger partial charge in [-0.1, -0.05) is 13.3 Å². The van der Waals surface area contributed by atoms with Crippen molar-refractivity contribution in [3.05, 3.63) is 10.3 Å². The van der Waals surface area contributed by atoms with E-state index in [1.165, 1.54) is 17.7 Å². The molecule has 4 radical (unpaired) electrons. The number of unbranched alkanes of at least 4 members (excludes halogenated alkanes) is 1. The van der Waals surface area contributed by atoms with Crippen molar-refractivity contribution in [2.45, 2.75) is 26.2 Å². The topological polar surface area (TPSA) is 18.5 Å². The second kappa shape index (κ2) is 5.85. The van der Waals surface area contributed by atoms with Crippen LogP contribution in [0.1, 0.15) is 24.6 Å². The molecule has 0 aliphatic carbocycles. The van der Waals surface area contributed by atoms with Gasteiger partial charge in [0.05, 0.1) is 4.88 Å². The molecule has 14 heavy (non-hydrogen) atoms. The SMILES string of the molecule is CCCCc1scc2c1OCCO2.[Sn]. The molecular formula is C10H14O2SSn. The monoisotopic (exact) mass is 318 g/mol. The molecular weight excluding hydrogens is 303 g/mol. The number of aryl methyl sites for hydroxylation is 1. The maximum atomic E-state index is 5.58. The summed E-state index contributed by atoms with van der Waals surface area (Å²) >= 11 is 1.76. The quantitative estimate of drug-likeness (QED) is 0.798. The van der Waals surface area contributed by atoms with Crippen molar-refractivity contribution >= 4 is 35.2 Å². The Morgan fingerprint density at radius 1 is 1.36 bits per heavy atom. The maximum Gasteiger partial charge on any atom is 0.175 e. The summed E-state index contributed by atoms with van der Waals surface area (Å²) in [5, 5.41) is 2.06. The zero-order valence-corrected chi connectivity index (χ0v) is 12.0. The van der Waals surface area contributed by atoms with Crippen molar-refractivity contribution in [1.29, 1.82) is 0 Å². The minimum Gasteiger partial charge on any atom is -0.485 e. The number of thiophene rings is 1. The Labute approximate surface area is 106 Å². The Bertz CT molecular complexity index is 286. The second-order valence-corrected chi connectivity index (χ2v) is 4.12. The summed E-state index contributed by atoms with van der Waals surface area (Å²) in [6, 6.07) is 0. The predicted molar refractivity (Wildman–Crippen MR) is 59.7 cm³/mol. The number of hydrogen-bond donors (Lipinski definition) is 0. The van der Waals surface area contributed by atoms with Crippen LogP contribution in [0.2, 0.25) is 0 Å². The van der Waals surface area contributed by atoms with E-state index in [-0.39, 0.29) is 23.9 Å². The summed E-state index contributed by atoms with van der Waals surface area (Å²) in [5.74, 6) is 1.95. The third-order valence-electron chi connectivity index (χ3n) is 2.13. The standard InChI is InChI=1S/C10H14O2S.Sn/c1-2-3-4-9-10-8(7-13-9)11-5-6-12-10;/h7H,2-6H2,1H3;. The first-order valence-corrected chi connectivity index (χ1v) is 5.65. The molecule has 2 rings (SSSR count). The molecule has 0 saturated heterocycles. The molecule has 1 aromatic heterocycles. The molecule has 0 spiro atoms. The zero-order chi connectivity index (χ0) is 9.10. The predicted octanol–water partition coefficient (Wildman–Crippen LogP) is 2.48. The van der Waals surface area contributed by atoms with Crippen LogP contribution in [0.15, 0.2) is 5.38 Å². The van der Waals surface area contributed by atoms with Crippen LogP contribution in [-0.2, 0) is 6.42 Å². The van der Waals surface area contributed by atoms with Crippen molar-refractivity contribution in [1.82, 2.24) is 0 Å². The zero-order valence-electron chi connectivity index (χ0n) is 8.34. The van der Waals surface area contributed by atoms with Gasteiger partial charge in [-0.05, 0) is 12.8 Å². The molecule has 0 fully saturated rings. The Hall–Kier alpha value is 0.0987. The van der Waals surface area contributed by atoms with Gasteiger partial charge in [-0.15, -0.1) is 11.3 Å². The third kappa shape index (κ3) is 2.57. The Morgan fingerprint density at radius 2 is 2.14 bits per heavy atom. The Morgan fingerprint density at radius 3 is 2.93 bits per heavy atom. The van der Waals surface area contributed by atoms with Crippen LogP contribution in [-0.4, -0.2) is 37.1 Å². The van der Waals surface area contributed by atoms with E-state index < -0.39 is 0 Å². The van der Waals surface area contributed by atoms with E-state index in [1.807, 2.05) is 0 Å². The van der Waals surface area contributed by atoms with Gasteiger partial charge in [-0.25, -0.2) is 0 Å². The van der Waals surface area contributed by atoms with Crippen molar-refractivity contribution < 1.29 is 9.47 Å². The van der Waals surface area contributed by atoms with E-state index in [2.05, 4.69) is 12.3 Å². The van der Waals surface area contributed by atoms with Gasteiger partial charge in [-0.2, -0.15) is 0 Å². The first-order chi connectivity index (χ1) is 6.42. The van der Waals surface area contributed by atoms with Crippen molar-refractivity contribution in [2.75, 3.05) is 13.2 Å². The molecule has 0 amide bonds. The van der Waals surface area contributed by atoms with E-state index in [9.17, 15) is 0 Å². The molecule has 1 aliphatic heterocycles. The second-order valence-electron chi connectivity index (χ2n) is 3.15. The summed E-state index contributed by atoms with van der Waals surface area (Å²) < 4.78 is 11.0. The first-order valence-electron chi connectivity index (χ1n) is 4.77. The molecule has 76 valence electrons. The van der Waals surface area contributed by atoms with Gasteiger partial charge in [0.25, 0.3) is 0 Å². The molecule has 1 aromatic rings. The molecule has 1 aliphatic rings. The van der Waals surface area contributed by atoms with E-state index in [0.29, 0.717) is 13.2 Å².